The molecule has 4 rings (SSSR count). The van der Waals surface area contributed by atoms with Gasteiger partial charge >= 0.3 is 0 Å². The van der Waals surface area contributed by atoms with Crippen LogP contribution in [0.4, 0.5) is 13.9 Å². The smallest absolute Gasteiger partial charge is 0.280 e. The lowest BCUT2D eigenvalue weighted by Crippen LogP contribution is -2.27. The number of aliphatic hydroxyl groups excluding tert-OH is 1. The Hall–Kier alpha value is -3.50. The van der Waals surface area contributed by atoms with Crippen LogP contribution in [-0.4, -0.2) is 33.3 Å². The van der Waals surface area contributed by atoms with Crippen molar-refractivity contribution >= 4 is 22.4 Å². The summed E-state index contributed by atoms with van der Waals surface area (Å²) in [4.78, 5) is 16.8. The van der Waals surface area contributed by atoms with Crippen LogP contribution in [0.5, 0.6) is 5.75 Å². The first-order chi connectivity index (χ1) is 16.4. The molecule has 0 aliphatic heterocycles. The quantitative estimate of drug-likeness (QED) is 0.173. The molecule has 1 aliphatic rings. The zero-order chi connectivity index (χ0) is 24.2. The van der Waals surface area contributed by atoms with Crippen LogP contribution < -0.4 is 21.3 Å². The molecule has 0 saturated heterocycles. The van der Waals surface area contributed by atoms with Crippen molar-refractivity contribution in [3.63, 3.8) is 0 Å². The number of ether oxygens (including phenoxy) is 1. The molecule has 5 N–H and O–H groups in total. The first-order valence-electron chi connectivity index (χ1n) is 10.2. The van der Waals surface area contributed by atoms with Gasteiger partial charge in [-0.2, -0.15) is 0 Å². The second-order valence-corrected chi connectivity index (χ2v) is 8.37. The largest absolute Gasteiger partial charge is 0.494 e. The number of aromatic nitrogens is 3. The summed E-state index contributed by atoms with van der Waals surface area (Å²) in [6, 6.07) is 5.52. The summed E-state index contributed by atoms with van der Waals surface area (Å²) in [7, 11) is 1.36. The number of amides is 1. The second-order valence-electron chi connectivity index (χ2n) is 7.39. The van der Waals surface area contributed by atoms with Crippen LogP contribution >= 0.6 is 11.3 Å². The Morgan fingerprint density at radius 2 is 2.09 bits per heavy atom. The fourth-order valence-corrected chi connectivity index (χ4v) is 3.68. The summed E-state index contributed by atoms with van der Waals surface area (Å²) in [5.74, 6) is 11.3. The summed E-state index contributed by atoms with van der Waals surface area (Å²) in [5, 5.41) is 21.4. The van der Waals surface area contributed by atoms with Gasteiger partial charge in [-0.1, -0.05) is 23.3 Å². The van der Waals surface area contributed by atoms with E-state index in [-0.39, 0.29) is 27.6 Å². The van der Waals surface area contributed by atoms with Gasteiger partial charge in [-0.15, -0.1) is 10.2 Å². The van der Waals surface area contributed by atoms with E-state index in [1.54, 1.807) is 0 Å². The average molecular weight is 487 g/mol. The molecule has 1 atom stereocenters. The zero-order valence-electron chi connectivity index (χ0n) is 17.9. The Bertz CT molecular complexity index is 1270. The molecule has 0 spiro atoms. The lowest BCUT2D eigenvalue weighted by atomic mass is 9.95. The molecule has 34 heavy (non-hydrogen) atoms. The van der Waals surface area contributed by atoms with Crippen molar-refractivity contribution in [2.45, 2.75) is 25.5 Å². The first-order valence-corrected chi connectivity index (χ1v) is 11.0. The maximum Gasteiger partial charge on any atom is 0.280 e. The van der Waals surface area contributed by atoms with Gasteiger partial charge in [0.25, 0.3) is 12.3 Å². The van der Waals surface area contributed by atoms with E-state index in [1.807, 2.05) is 0 Å². The summed E-state index contributed by atoms with van der Waals surface area (Å²) in [5.41, 5.74) is 2.55. The monoisotopic (exact) mass is 486 g/mol. The van der Waals surface area contributed by atoms with Crippen molar-refractivity contribution in [3.8, 4) is 28.7 Å². The maximum absolute atomic E-state index is 13.4. The van der Waals surface area contributed by atoms with Crippen LogP contribution in [0, 0.1) is 17.8 Å². The third kappa shape index (κ3) is 5.35. The number of methoxy groups -OCH3 is 1. The van der Waals surface area contributed by atoms with E-state index in [0.717, 1.165) is 36.4 Å². The number of rotatable bonds is 7. The average Bonchev–Trinajstić information content (AvgIpc) is 3.58. The van der Waals surface area contributed by atoms with Gasteiger partial charge < -0.3 is 9.84 Å². The number of nitrogens with two attached hydrogens (primary N) is 1. The minimum atomic E-state index is -2.84. The third-order valence-electron chi connectivity index (χ3n) is 4.99. The molecule has 9 nitrogen and oxygen atoms in total. The van der Waals surface area contributed by atoms with Crippen LogP contribution in [0.15, 0.2) is 30.5 Å². The maximum atomic E-state index is 13.4. The molecular formula is C22H20F2N6O3S. The fourth-order valence-electron chi connectivity index (χ4n) is 3.08. The fraction of sp³-hybridized carbons (Fsp3) is 0.273. The number of hydrogen-bond donors (Lipinski definition) is 4. The van der Waals surface area contributed by atoms with Crippen molar-refractivity contribution in [3.05, 3.63) is 52.3 Å². The molecular weight excluding hydrogens is 466 g/mol. The van der Waals surface area contributed by atoms with Gasteiger partial charge in [0.05, 0.1) is 13.3 Å². The van der Waals surface area contributed by atoms with E-state index in [2.05, 4.69) is 37.8 Å². The Balaban J connectivity index is 1.72. The highest BCUT2D eigenvalue weighted by Gasteiger charge is 2.22. The van der Waals surface area contributed by atoms with E-state index < -0.39 is 24.3 Å². The number of halogens is 2. The highest BCUT2D eigenvalue weighted by Crippen LogP contribution is 2.36. The molecule has 1 amide bonds. The standard InChI is InChI=1S/C22H20F2N6O3S/c1-33-17-10-26-16(19(23)24)9-15(17)14-8-12(20(31)28-25)5-6-13(14)21(32)27-22-30-29-18(34-22)7-4-11-2-3-11/h5-6,8-11,19-20,28,31H,2-3,25H2,1H3,(H,27,30,32). The Morgan fingerprint density at radius 1 is 1.29 bits per heavy atom. The van der Waals surface area contributed by atoms with Gasteiger partial charge in [-0.25, -0.2) is 14.2 Å². The molecule has 1 fully saturated rings. The predicted molar refractivity (Wildman–Crippen MR) is 121 cm³/mol. The lowest BCUT2D eigenvalue weighted by molar-refractivity contribution is 0.102. The number of carbonyl (C=O) groups is 1. The normalized spacial score (nSPS) is 13.8. The summed E-state index contributed by atoms with van der Waals surface area (Å²) >= 11 is 1.12. The van der Waals surface area contributed by atoms with Crippen LogP contribution in [0.1, 0.15) is 52.1 Å². The number of aliphatic hydroxyl groups is 1. The van der Waals surface area contributed by atoms with Crippen LogP contribution in [-0.2, 0) is 0 Å². The molecule has 2 aromatic heterocycles. The van der Waals surface area contributed by atoms with E-state index in [4.69, 9.17) is 10.6 Å². The SMILES string of the molecule is COc1cnc(C(F)F)cc1-c1cc(C(O)NN)ccc1C(=O)Nc1nnc(C#CC2CC2)s1. The zero-order valence-corrected chi connectivity index (χ0v) is 18.7. The second kappa shape index (κ2) is 10.2. The molecule has 1 aromatic carbocycles. The van der Waals surface area contributed by atoms with Gasteiger partial charge in [0.15, 0.2) is 5.01 Å². The molecule has 1 aliphatic carbocycles. The minimum absolute atomic E-state index is 0.124. The van der Waals surface area contributed by atoms with E-state index in [9.17, 15) is 18.7 Å². The number of pyridine rings is 1. The van der Waals surface area contributed by atoms with Crippen molar-refractivity contribution in [1.29, 1.82) is 0 Å². The van der Waals surface area contributed by atoms with Gasteiger partial charge in [0, 0.05) is 17.0 Å². The first kappa shape index (κ1) is 23.7. The number of nitrogens with one attached hydrogen (secondary N) is 2. The van der Waals surface area contributed by atoms with Crippen LogP contribution in [0.3, 0.4) is 0 Å². The van der Waals surface area contributed by atoms with Crippen molar-refractivity contribution in [1.82, 2.24) is 20.6 Å². The number of carbonyl (C=O) groups excluding carboxylic acids is 1. The molecule has 176 valence electrons. The predicted octanol–water partition coefficient (Wildman–Crippen LogP) is 3.01. The van der Waals surface area contributed by atoms with E-state index >= 15 is 0 Å². The number of hydrogen-bond acceptors (Lipinski definition) is 9. The number of alkyl halides is 2. The molecule has 1 saturated carbocycles. The topological polar surface area (TPSA) is 135 Å². The summed E-state index contributed by atoms with van der Waals surface area (Å²) < 4.78 is 32.0. The Labute approximate surface area is 197 Å². The Kier molecular flexibility index (Phi) is 7.09. The molecule has 1 unspecified atom stereocenters. The minimum Gasteiger partial charge on any atom is -0.494 e. The number of hydrazine groups is 1. The third-order valence-corrected chi connectivity index (χ3v) is 5.74. The highest BCUT2D eigenvalue weighted by molar-refractivity contribution is 7.15. The van der Waals surface area contributed by atoms with Crippen LogP contribution in [0.25, 0.3) is 11.1 Å². The van der Waals surface area contributed by atoms with Gasteiger partial charge in [0.1, 0.15) is 17.7 Å². The number of benzene rings is 1. The molecule has 0 radical (unpaired) electrons. The molecule has 0 bridgehead atoms. The summed E-state index contributed by atoms with van der Waals surface area (Å²) in [6.07, 6.45) is -0.784. The molecule has 3 aromatic rings. The number of nitrogens with zero attached hydrogens (tertiary/aromatic N) is 3. The van der Waals surface area contributed by atoms with E-state index in [1.165, 1.54) is 25.3 Å². The molecule has 2 heterocycles. The van der Waals surface area contributed by atoms with Gasteiger partial charge in [-0.05, 0) is 48.1 Å². The van der Waals surface area contributed by atoms with Crippen molar-refractivity contribution in [2.75, 3.05) is 12.4 Å². The Morgan fingerprint density at radius 3 is 2.76 bits per heavy atom. The number of anilines is 1. The van der Waals surface area contributed by atoms with Crippen molar-refractivity contribution < 1.29 is 23.4 Å². The van der Waals surface area contributed by atoms with Gasteiger partial charge in [0.2, 0.25) is 5.13 Å². The van der Waals surface area contributed by atoms with Crippen molar-refractivity contribution in [2.24, 2.45) is 11.8 Å². The van der Waals surface area contributed by atoms with Crippen LogP contribution in [0.2, 0.25) is 0 Å². The highest BCUT2D eigenvalue weighted by atomic mass is 32.1. The molecule has 12 heteroatoms. The lowest BCUT2D eigenvalue weighted by Gasteiger charge is -2.17. The summed E-state index contributed by atoms with van der Waals surface area (Å²) in [6.45, 7) is 0. The van der Waals surface area contributed by atoms with Gasteiger partial charge in [-0.3, -0.25) is 20.9 Å². The van der Waals surface area contributed by atoms with E-state index in [0.29, 0.717) is 16.5 Å².